The Labute approximate surface area is 245 Å². The number of carboxylic acid groups (broad SMARTS) is 1. The van der Waals surface area contributed by atoms with Crippen molar-refractivity contribution in [3.63, 3.8) is 0 Å². The summed E-state index contributed by atoms with van der Waals surface area (Å²) in [6.45, 7) is 7.54. The van der Waals surface area contributed by atoms with Crippen LogP contribution in [0.25, 0.3) is 11.4 Å². The molecular weight excluding hydrogens is 532 g/mol. The van der Waals surface area contributed by atoms with Crippen LogP contribution < -0.4 is 19.7 Å². The van der Waals surface area contributed by atoms with Gasteiger partial charge in [0.2, 0.25) is 0 Å². The van der Waals surface area contributed by atoms with Gasteiger partial charge in [-0.15, -0.1) is 0 Å². The first kappa shape index (κ1) is 28.8. The highest BCUT2D eigenvalue weighted by Gasteiger charge is 2.27. The third kappa shape index (κ3) is 7.12. The molecule has 10 heteroatoms. The van der Waals surface area contributed by atoms with Crippen molar-refractivity contribution < 1.29 is 19.4 Å². The van der Waals surface area contributed by atoms with Crippen LogP contribution in [0.5, 0.6) is 11.5 Å². The van der Waals surface area contributed by atoms with Crippen LogP contribution in [0.1, 0.15) is 39.2 Å². The Hall–Kier alpha value is -4.73. The molecule has 218 valence electrons. The Morgan fingerprint density at radius 3 is 2.60 bits per heavy atom. The van der Waals surface area contributed by atoms with Gasteiger partial charge in [-0.25, -0.2) is 15.0 Å². The van der Waals surface area contributed by atoms with Crippen molar-refractivity contribution in [3.05, 3.63) is 78.8 Å². The summed E-state index contributed by atoms with van der Waals surface area (Å²) >= 11 is 0. The van der Waals surface area contributed by atoms with Crippen LogP contribution in [0, 0.1) is 5.41 Å². The van der Waals surface area contributed by atoms with E-state index in [-0.39, 0.29) is 6.10 Å². The van der Waals surface area contributed by atoms with E-state index in [1.54, 1.807) is 38.5 Å². The lowest BCUT2D eigenvalue weighted by Gasteiger charge is -2.33. The second kappa shape index (κ2) is 12.8. The maximum Gasteiger partial charge on any atom is 0.309 e. The molecule has 42 heavy (non-hydrogen) atoms. The third-order valence-electron chi connectivity index (χ3n) is 7.12. The number of hydrogen-bond acceptors (Lipinski definition) is 9. The molecule has 1 aliphatic heterocycles. The van der Waals surface area contributed by atoms with Gasteiger partial charge in [-0.05, 0) is 63.8 Å². The molecule has 5 rings (SSSR count). The molecular formula is C32H36N6O4. The normalized spacial score (nSPS) is 15.2. The van der Waals surface area contributed by atoms with Gasteiger partial charge >= 0.3 is 5.97 Å². The van der Waals surface area contributed by atoms with Crippen LogP contribution in [-0.2, 0) is 11.2 Å². The van der Waals surface area contributed by atoms with Crippen molar-refractivity contribution in [2.24, 2.45) is 5.41 Å². The molecule has 4 aromatic rings. The Morgan fingerprint density at radius 2 is 1.83 bits per heavy atom. The summed E-state index contributed by atoms with van der Waals surface area (Å²) in [5.41, 5.74) is 0.936. The molecule has 0 unspecified atom stereocenters. The molecule has 0 bridgehead atoms. The summed E-state index contributed by atoms with van der Waals surface area (Å²) in [4.78, 5) is 32.0. The van der Waals surface area contributed by atoms with E-state index in [4.69, 9.17) is 14.5 Å². The molecule has 2 N–H and O–H groups in total. The van der Waals surface area contributed by atoms with Gasteiger partial charge in [-0.1, -0.05) is 36.4 Å². The third-order valence-corrected chi connectivity index (χ3v) is 7.12. The zero-order chi connectivity index (χ0) is 29.5. The summed E-state index contributed by atoms with van der Waals surface area (Å²) in [7, 11) is 0. The van der Waals surface area contributed by atoms with Gasteiger partial charge in [0.1, 0.15) is 17.7 Å². The summed E-state index contributed by atoms with van der Waals surface area (Å²) in [5, 5.41) is 12.7. The topological polar surface area (TPSA) is 123 Å². The van der Waals surface area contributed by atoms with Gasteiger partial charge in [-0.3, -0.25) is 9.78 Å². The minimum Gasteiger partial charge on any atom is -0.490 e. The standard InChI is InChI=1S/C32H36N6O4/c1-4-41-25-9-5-6-10-26(25)42-24-8-7-17-38(21-24)29-20-33-19-28(36-29)35-27-15-16-34-30(37-27)23-13-11-22(12-14-23)18-32(2,3)31(39)40/h5-6,9-16,19-20,24H,4,7-8,17-18,21H2,1-3H3,(H,39,40)(H,34,35,36,37)/t24-/m1/s1. The number of benzene rings is 2. The number of aromatic nitrogens is 4. The van der Waals surface area contributed by atoms with Crippen LogP contribution in [0.3, 0.4) is 0 Å². The predicted octanol–water partition coefficient (Wildman–Crippen LogP) is 5.78. The second-order valence-corrected chi connectivity index (χ2v) is 10.9. The fraction of sp³-hybridized carbons (Fsp3) is 0.344. The monoisotopic (exact) mass is 568 g/mol. The molecule has 1 fully saturated rings. The SMILES string of the molecule is CCOc1ccccc1O[C@@H]1CCCN(c2cncc(Nc3ccnc(-c4ccc(CC(C)(C)C(=O)O)cc4)n3)n2)C1. The molecule has 1 aliphatic rings. The molecule has 0 radical (unpaired) electrons. The molecule has 1 atom stereocenters. The number of carboxylic acids is 1. The Kier molecular flexibility index (Phi) is 8.80. The van der Waals surface area contributed by atoms with E-state index in [2.05, 4.69) is 25.2 Å². The number of anilines is 3. The van der Waals surface area contributed by atoms with Gasteiger partial charge in [-0.2, -0.15) is 0 Å². The number of piperidine rings is 1. The van der Waals surface area contributed by atoms with Crippen molar-refractivity contribution in [2.45, 2.75) is 46.1 Å². The number of hydrogen-bond donors (Lipinski definition) is 2. The van der Waals surface area contributed by atoms with Crippen molar-refractivity contribution >= 4 is 23.4 Å². The molecule has 2 aromatic carbocycles. The van der Waals surface area contributed by atoms with Gasteiger partial charge in [0.05, 0.1) is 31.0 Å². The lowest BCUT2D eigenvalue weighted by atomic mass is 9.86. The lowest BCUT2D eigenvalue weighted by Crippen LogP contribution is -2.41. The Bertz CT molecular complexity index is 1510. The maximum atomic E-state index is 11.5. The van der Waals surface area contributed by atoms with Gasteiger partial charge in [0.25, 0.3) is 0 Å². The smallest absolute Gasteiger partial charge is 0.309 e. The van der Waals surface area contributed by atoms with E-state index >= 15 is 0 Å². The van der Waals surface area contributed by atoms with E-state index in [1.165, 1.54) is 0 Å². The minimum atomic E-state index is -0.839. The largest absolute Gasteiger partial charge is 0.490 e. The number of ether oxygens (including phenoxy) is 2. The van der Waals surface area contributed by atoms with Crippen LogP contribution in [0.15, 0.2) is 73.2 Å². The van der Waals surface area contributed by atoms with E-state index in [0.717, 1.165) is 47.8 Å². The molecule has 0 saturated carbocycles. The number of nitrogens with one attached hydrogen (secondary N) is 1. The molecule has 3 heterocycles. The highest BCUT2D eigenvalue weighted by molar-refractivity contribution is 5.74. The molecule has 0 aliphatic carbocycles. The highest BCUT2D eigenvalue weighted by Crippen LogP contribution is 2.30. The zero-order valence-corrected chi connectivity index (χ0v) is 24.2. The first-order valence-electron chi connectivity index (χ1n) is 14.2. The lowest BCUT2D eigenvalue weighted by molar-refractivity contribution is -0.146. The average Bonchev–Trinajstić information content (AvgIpc) is 2.99. The molecule has 2 aromatic heterocycles. The molecule has 0 amide bonds. The molecule has 10 nitrogen and oxygen atoms in total. The zero-order valence-electron chi connectivity index (χ0n) is 24.2. The first-order chi connectivity index (χ1) is 20.3. The van der Waals surface area contributed by atoms with Crippen LogP contribution in [0.2, 0.25) is 0 Å². The van der Waals surface area contributed by atoms with E-state index in [1.807, 2.05) is 55.5 Å². The summed E-state index contributed by atoms with van der Waals surface area (Å²) < 4.78 is 12.1. The fourth-order valence-electron chi connectivity index (χ4n) is 4.87. The van der Waals surface area contributed by atoms with Crippen molar-refractivity contribution in [1.29, 1.82) is 0 Å². The number of nitrogens with zero attached hydrogens (tertiary/aromatic N) is 5. The number of para-hydroxylation sites is 2. The van der Waals surface area contributed by atoms with Gasteiger partial charge < -0.3 is 24.8 Å². The van der Waals surface area contributed by atoms with Gasteiger partial charge in [0.15, 0.2) is 23.1 Å². The number of rotatable bonds is 11. The molecule has 1 saturated heterocycles. The Morgan fingerprint density at radius 1 is 1.05 bits per heavy atom. The van der Waals surface area contributed by atoms with E-state index in [0.29, 0.717) is 37.0 Å². The van der Waals surface area contributed by atoms with Crippen LogP contribution in [-0.4, -0.2) is 56.8 Å². The number of aliphatic carboxylic acids is 1. The second-order valence-electron chi connectivity index (χ2n) is 10.9. The maximum absolute atomic E-state index is 11.5. The summed E-state index contributed by atoms with van der Waals surface area (Å²) in [6, 6.07) is 17.2. The fourth-order valence-corrected chi connectivity index (χ4v) is 4.87. The summed E-state index contributed by atoms with van der Waals surface area (Å²) in [5.74, 6) is 3.18. The van der Waals surface area contributed by atoms with Crippen LogP contribution >= 0.6 is 0 Å². The highest BCUT2D eigenvalue weighted by atomic mass is 16.5. The van der Waals surface area contributed by atoms with Crippen molar-refractivity contribution in [3.8, 4) is 22.9 Å². The van der Waals surface area contributed by atoms with Gasteiger partial charge in [0, 0.05) is 18.3 Å². The Balaban J connectivity index is 1.25. The van der Waals surface area contributed by atoms with Crippen molar-refractivity contribution in [1.82, 2.24) is 19.9 Å². The quantitative estimate of drug-likeness (QED) is 0.230. The van der Waals surface area contributed by atoms with Crippen LogP contribution in [0.4, 0.5) is 17.5 Å². The minimum absolute atomic E-state index is 0.00443. The molecule has 0 spiro atoms. The van der Waals surface area contributed by atoms with E-state index < -0.39 is 11.4 Å². The average molecular weight is 569 g/mol. The first-order valence-corrected chi connectivity index (χ1v) is 14.2. The van der Waals surface area contributed by atoms with E-state index in [9.17, 15) is 9.90 Å². The number of carbonyl (C=O) groups is 1. The van der Waals surface area contributed by atoms with Crippen molar-refractivity contribution in [2.75, 3.05) is 29.9 Å². The summed E-state index contributed by atoms with van der Waals surface area (Å²) in [6.07, 6.45) is 7.49. The predicted molar refractivity (Wildman–Crippen MR) is 161 cm³/mol.